The van der Waals surface area contributed by atoms with Gasteiger partial charge >= 0.3 is 6.03 Å². The number of primary amides is 1. The predicted molar refractivity (Wildman–Crippen MR) is 75.1 cm³/mol. The van der Waals surface area contributed by atoms with E-state index in [2.05, 4.69) is 15.9 Å². The number of nitrogens with two attached hydrogens (primary N) is 1. The van der Waals surface area contributed by atoms with Crippen LogP contribution < -0.4 is 10.5 Å². The number of nitrogens with zero attached hydrogens (tertiary/aromatic N) is 1. The molecule has 2 heterocycles. The number of halogens is 1. The molecule has 2 amide bonds. The van der Waals surface area contributed by atoms with Crippen LogP contribution in [0, 0.1) is 0 Å². The van der Waals surface area contributed by atoms with Gasteiger partial charge in [-0.15, -0.1) is 0 Å². The van der Waals surface area contributed by atoms with Gasteiger partial charge in [-0.3, -0.25) is 4.31 Å². The highest BCUT2D eigenvalue weighted by atomic mass is 79.9. The van der Waals surface area contributed by atoms with E-state index in [0.717, 1.165) is 27.8 Å². The maximum Gasteiger partial charge on any atom is 0.325 e. The Balaban J connectivity index is 2.02. The Morgan fingerprint density at radius 2 is 2.33 bits per heavy atom. The summed E-state index contributed by atoms with van der Waals surface area (Å²) in [6.45, 7) is 1.18. The summed E-state index contributed by atoms with van der Waals surface area (Å²) in [5.41, 5.74) is 7.54. The normalized spacial score (nSPS) is 17.9. The maximum atomic E-state index is 11.3. The molecule has 0 aliphatic carbocycles. The van der Waals surface area contributed by atoms with Gasteiger partial charge in [0.25, 0.3) is 0 Å². The number of ether oxygens (including phenoxy) is 1. The van der Waals surface area contributed by atoms with Crippen LogP contribution in [0.2, 0.25) is 0 Å². The van der Waals surface area contributed by atoms with E-state index < -0.39 is 6.03 Å². The molecule has 0 atom stereocenters. The molecule has 1 aromatic carbocycles. The van der Waals surface area contributed by atoms with E-state index in [0.29, 0.717) is 13.2 Å². The van der Waals surface area contributed by atoms with Crippen molar-refractivity contribution in [1.82, 2.24) is 4.31 Å². The fourth-order valence-corrected chi connectivity index (χ4v) is 3.47. The minimum absolute atomic E-state index is 0.396. The molecule has 0 radical (unpaired) electrons. The molecule has 6 heteroatoms. The predicted octanol–water partition coefficient (Wildman–Crippen LogP) is 2.99. The fraction of sp³-hybridized carbons (Fsp3) is 0.250. The number of hydrogen-bond acceptors (Lipinski definition) is 3. The lowest BCUT2D eigenvalue weighted by molar-refractivity contribution is 0.238. The Morgan fingerprint density at radius 3 is 3.11 bits per heavy atom. The summed E-state index contributed by atoms with van der Waals surface area (Å²) in [4.78, 5) is 12.4. The molecular formula is C12H11BrN2O2S. The molecule has 4 nitrogen and oxygen atoms in total. The number of benzene rings is 1. The summed E-state index contributed by atoms with van der Waals surface area (Å²) in [5, 5.41) is 0. The van der Waals surface area contributed by atoms with Crippen LogP contribution in [0.15, 0.2) is 27.6 Å². The second kappa shape index (κ2) is 4.51. The third-order valence-electron chi connectivity index (χ3n) is 2.96. The van der Waals surface area contributed by atoms with E-state index in [4.69, 9.17) is 10.5 Å². The molecule has 1 aromatic rings. The molecule has 0 saturated heterocycles. The first-order valence-corrected chi connectivity index (χ1v) is 7.11. The molecule has 2 N–H and O–H groups in total. The highest BCUT2D eigenvalue weighted by Crippen LogP contribution is 2.44. The average molecular weight is 327 g/mol. The van der Waals surface area contributed by atoms with Gasteiger partial charge in [0.1, 0.15) is 5.75 Å². The Bertz CT molecular complexity index is 559. The first kappa shape index (κ1) is 11.9. The summed E-state index contributed by atoms with van der Waals surface area (Å²) < 4.78 is 8.32. The van der Waals surface area contributed by atoms with Crippen LogP contribution in [0.25, 0.3) is 5.57 Å². The molecule has 0 spiro atoms. The maximum absolute atomic E-state index is 11.3. The van der Waals surface area contributed by atoms with Gasteiger partial charge in [0.05, 0.1) is 13.2 Å². The molecular weight excluding hydrogens is 316 g/mol. The number of hydrogen-bond donors (Lipinski definition) is 1. The lowest BCUT2D eigenvalue weighted by Crippen LogP contribution is -2.28. The largest absolute Gasteiger partial charge is 0.493 e. The third kappa shape index (κ3) is 1.99. The second-order valence-corrected chi connectivity index (χ2v) is 6.14. The van der Waals surface area contributed by atoms with Crippen LogP contribution in [0.5, 0.6) is 5.75 Å². The Kier molecular flexibility index (Phi) is 2.99. The molecule has 2 aliphatic rings. The molecule has 0 unspecified atom stereocenters. The molecule has 3 rings (SSSR count). The first-order valence-electron chi connectivity index (χ1n) is 5.55. The zero-order valence-corrected chi connectivity index (χ0v) is 11.9. The van der Waals surface area contributed by atoms with Crippen molar-refractivity contribution in [3.05, 3.63) is 33.1 Å². The molecule has 94 valence electrons. The second-order valence-electron chi connectivity index (χ2n) is 4.11. The number of fused-ring (bicyclic) bond motifs is 2. The number of urea groups is 1. The van der Waals surface area contributed by atoms with Crippen molar-refractivity contribution in [3.8, 4) is 5.75 Å². The van der Waals surface area contributed by atoms with E-state index in [1.165, 1.54) is 16.9 Å². The topological polar surface area (TPSA) is 55.6 Å². The Hall–Kier alpha value is -1.14. The third-order valence-corrected chi connectivity index (χ3v) is 4.65. The van der Waals surface area contributed by atoms with E-state index in [1.54, 1.807) is 4.31 Å². The zero-order valence-electron chi connectivity index (χ0n) is 9.48. The minimum Gasteiger partial charge on any atom is -0.493 e. The molecule has 18 heavy (non-hydrogen) atoms. The zero-order chi connectivity index (χ0) is 12.7. The summed E-state index contributed by atoms with van der Waals surface area (Å²) >= 11 is 4.87. The van der Waals surface area contributed by atoms with Gasteiger partial charge in [-0.25, -0.2) is 4.79 Å². The molecule has 0 bridgehead atoms. The number of amides is 2. The van der Waals surface area contributed by atoms with Crippen molar-refractivity contribution in [1.29, 1.82) is 0 Å². The summed E-state index contributed by atoms with van der Waals surface area (Å²) in [7, 11) is 0. The quantitative estimate of drug-likeness (QED) is 0.746. The van der Waals surface area contributed by atoms with Crippen molar-refractivity contribution in [3.63, 3.8) is 0 Å². The van der Waals surface area contributed by atoms with Gasteiger partial charge in [-0.05, 0) is 35.7 Å². The highest BCUT2D eigenvalue weighted by molar-refractivity contribution is 9.10. The van der Waals surface area contributed by atoms with E-state index in [-0.39, 0.29) is 0 Å². The Labute approximate surface area is 117 Å². The number of carbonyl (C=O) groups is 1. The van der Waals surface area contributed by atoms with Crippen LogP contribution in [-0.4, -0.2) is 23.5 Å². The monoisotopic (exact) mass is 326 g/mol. The lowest BCUT2D eigenvalue weighted by Gasteiger charge is -2.14. The first-order chi connectivity index (χ1) is 8.65. The van der Waals surface area contributed by atoms with Crippen LogP contribution in [0.3, 0.4) is 0 Å². The van der Waals surface area contributed by atoms with Crippen molar-refractivity contribution in [2.45, 2.75) is 6.42 Å². The standard InChI is InChI=1S/C12H11BrN2O2S/c13-7-1-2-8-9-6-15(12(14)16)18-11(9)3-4-17-10(8)5-7/h1-2,5H,3-4,6H2,(H2,14,16). The van der Waals surface area contributed by atoms with Gasteiger partial charge < -0.3 is 10.5 Å². The smallest absolute Gasteiger partial charge is 0.325 e. The van der Waals surface area contributed by atoms with Crippen LogP contribution in [0.1, 0.15) is 12.0 Å². The number of carbonyl (C=O) groups excluding carboxylic acids is 1. The summed E-state index contributed by atoms with van der Waals surface area (Å²) in [5.74, 6) is 0.862. The number of rotatable bonds is 0. The van der Waals surface area contributed by atoms with Crippen LogP contribution >= 0.6 is 27.9 Å². The molecule has 0 aromatic heterocycles. The molecule has 2 aliphatic heterocycles. The molecule has 0 saturated carbocycles. The summed E-state index contributed by atoms with van der Waals surface area (Å²) in [6.07, 6.45) is 0.816. The highest BCUT2D eigenvalue weighted by Gasteiger charge is 2.29. The van der Waals surface area contributed by atoms with E-state index >= 15 is 0 Å². The average Bonchev–Trinajstić information content (AvgIpc) is 2.67. The van der Waals surface area contributed by atoms with Crippen molar-refractivity contribution < 1.29 is 9.53 Å². The summed E-state index contributed by atoms with van der Waals surface area (Å²) in [6, 6.07) is 5.57. The van der Waals surface area contributed by atoms with Crippen LogP contribution in [0.4, 0.5) is 4.79 Å². The van der Waals surface area contributed by atoms with Crippen molar-refractivity contribution in [2.75, 3.05) is 13.2 Å². The minimum atomic E-state index is -0.396. The van der Waals surface area contributed by atoms with Crippen LogP contribution in [-0.2, 0) is 0 Å². The van der Waals surface area contributed by atoms with E-state index in [1.807, 2.05) is 18.2 Å². The lowest BCUT2D eigenvalue weighted by atomic mass is 10.0. The fourth-order valence-electron chi connectivity index (χ4n) is 2.13. The Morgan fingerprint density at radius 1 is 1.50 bits per heavy atom. The van der Waals surface area contributed by atoms with Gasteiger partial charge in [0.15, 0.2) is 0 Å². The van der Waals surface area contributed by atoms with Crippen molar-refractivity contribution in [2.24, 2.45) is 5.73 Å². The van der Waals surface area contributed by atoms with Gasteiger partial charge in [-0.2, -0.15) is 0 Å². The van der Waals surface area contributed by atoms with Gasteiger partial charge in [-0.1, -0.05) is 15.9 Å². The van der Waals surface area contributed by atoms with E-state index in [9.17, 15) is 4.79 Å². The van der Waals surface area contributed by atoms with Gasteiger partial charge in [0.2, 0.25) is 0 Å². The van der Waals surface area contributed by atoms with Crippen molar-refractivity contribution >= 4 is 39.5 Å². The SMILES string of the molecule is NC(=O)N1CC2=C(CCOc3cc(Br)ccc32)S1. The molecule has 0 fully saturated rings. The van der Waals surface area contributed by atoms with Gasteiger partial charge in [0, 0.05) is 21.4 Å².